The normalized spacial score (nSPS) is 17.3. The molecular formula is C19H24N2O2S. The molecule has 1 aliphatic heterocycles. The second-order valence-electron chi connectivity index (χ2n) is 6.11. The number of carbonyl (C=O) groups excluding carboxylic acids is 1. The van der Waals surface area contributed by atoms with Crippen LogP contribution in [0.2, 0.25) is 0 Å². The molecule has 0 bridgehead atoms. The number of para-hydroxylation sites is 1. The average molecular weight is 344 g/mol. The first kappa shape index (κ1) is 17.1. The zero-order valence-electron chi connectivity index (χ0n) is 13.8. The van der Waals surface area contributed by atoms with Gasteiger partial charge in [0, 0.05) is 43.2 Å². The van der Waals surface area contributed by atoms with Gasteiger partial charge in [0.05, 0.1) is 6.10 Å². The molecule has 3 rings (SSSR count). The van der Waals surface area contributed by atoms with Gasteiger partial charge in [-0.3, -0.25) is 9.69 Å². The Morgan fingerprint density at radius 2 is 2.12 bits per heavy atom. The summed E-state index contributed by atoms with van der Waals surface area (Å²) in [7, 11) is 0. The topological polar surface area (TPSA) is 41.6 Å². The van der Waals surface area contributed by atoms with Crippen molar-refractivity contribution in [1.29, 1.82) is 0 Å². The number of rotatable bonds is 8. The van der Waals surface area contributed by atoms with E-state index in [1.807, 2.05) is 30.3 Å². The van der Waals surface area contributed by atoms with Crippen molar-refractivity contribution >= 4 is 22.9 Å². The third-order valence-corrected chi connectivity index (χ3v) is 5.02. The molecule has 1 aromatic heterocycles. The SMILES string of the molecule is O=C(CCN(Cc1cccs1)CC1CCCO1)Nc1ccccc1. The minimum Gasteiger partial charge on any atom is -0.377 e. The van der Waals surface area contributed by atoms with Gasteiger partial charge in [0.2, 0.25) is 5.91 Å². The number of nitrogens with zero attached hydrogens (tertiary/aromatic N) is 1. The van der Waals surface area contributed by atoms with E-state index in [-0.39, 0.29) is 5.91 Å². The van der Waals surface area contributed by atoms with E-state index in [1.54, 1.807) is 11.3 Å². The molecule has 1 saturated heterocycles. The summed E-state index contributed by atoms with van der Waals surface area (Å²) in [6.07, 6.45) is 3.07. The lowest BCUT2D eigenvalue weighted by Crippen LogP contribution is -2.34. The van der Waals surface area contributed by atoms with Gasteiger partial charge in [-0.15, -0.1) is 11.3 Å². The molecule has 0 radical (unpaired) electrons. The van der Waals surface area contributed by atoms with Crippen molar-refractivity contribution in [3.63, 3.8) is 0 Å². The van der Waals surface area contributed by atoms with Crippen LogP contribution in [0, 0.1) is 0 Å². The predicted octanol–water partition coefficient (Wildman–Crippen LogP) is 3.76. The van der Waals surface area contributed by atoms with Crippen LogP contribution >= 0.6 is 11.3 Å². The summed E-state index contributed by atoms with van der Waals surface area (Å²) in [4.78, 5) is 15.9. The maximum absolute atomic E-state index is 12.2. The number of thiophene rings is 1. The molecule has 0 saturated carbocycles. The van der Waals surface area contributed by atoms with Gasteiger partial charge in [-0.25, -0.2) is 0 Å². The van der Waals surface area contributed by atoms with Gasteiger partial charge in [0.1, 0.15) is 0 Å². The van der Waals surface area contributed by atoms with Crippen LogP contribution in [0.3, 0.4) is 0 Å². The fraction of sp³-hybridized carbons (Fsp3) is 0.421. The third-order valence-electron chi connectivity index (χ3n) is 4.16. The Morgan fingerprint density at radius 1 is 1.25 bits per heavy atom. The molecule has 5 heteroatoms. The molecule has 0 spiro atoms. The quantitative estimate of drug-likeness (QED) is 0.793. The second-order valence-corrected chi connectivity index (χ2v) is 7.15. The fourth-order valence-corrected chi connectivity index (χ4v) is 3.68. The maximum atomic E-state index is 12.2. The van der Waals surface area contributed by atoms with Crippen molar-refractivity contribution in [2.45, 2.75) is 31.9 Å². The van der Waals surface area contributed by atoms with Crippen LogP contribution in [0.25, 0.3) is 0 Å². The molecule has 128 valence electrons. The standard InChI is InChI=1S/C19H24N2O2S/c22-19(20-16-6-2-1-3-7-16)10-11-21(14-17-8-4-12-23-17)15-18-9-5-13-24-18/h1-3,5-7,9,13,17H,4,8,10-12,14-15H2,(H,20,22). The number of hydrogen-bond acceptors (Lipinski definition) is 4. The van der Waals surface area contributed by atoms with Gasteiger partial charge in [0.25, 0.3) is 0 Å². The molecular weight excluding hydrogens is 320 g/mol. The highest BCUT2D eigenvalue weighted by Gasteiger charge is 2.20. The van der Waals surface area contributed by atoms with E-state index >= 15 is 0 Å². The van der Waals surface area contributed by atoms with Crippen LogP contribution in [-0.4, -0.2) is 36.6 Å². The second kappa shape index (κ2) is 8.97. The van der Waals surface area contributed by atoms with E-state index in [9.17, 15) is 4.79 Å². The number of ether oxygens (including phenoxy) is 1. The molecule has 4 nitrogen and oxygen atoms in total. The molecule has 2 heterocycles. The maximum Gasteiger partial charge on any atom is 0.225 e. The Labute approximate surface area is 147 Å². The highest BCUT2D eigenvalue weighted by atomic mass is 32.1. The Bertz CT molecular complexity index is 610. The zero-order chi connectivity index (χ0) is 16.6. The van der Waals surface area contributed by atoms with Crippen molar-refractivity contribution in [3.8, 4) is 0 Å². The Kier molecular flexibility index (Phi) is 6.41. The van der Waals surface area contributed by atoms with Crippen molar-refractivity contribution in [2.75, 3.05) is 25.0 Å². The lowest BCUT2D eigenvalue weighted by atomic mass is 10.2. The van der Waals surface area contributed by atoms with Crippen molar-refractivity contribution in [3.05, 3.63) is 52.7 Å². The summed E-state index contributed by atoms with van der Waals surface area (Å²) < 4.78 is 5.77. The Hall–Kier alpha value is -1.69. The fourth-order valence-electron chi connectivity index (χ4n) is 2.94. The number of carbonyl (C=O) groups is 1. The molecule has 1 amide bonds. The summed E-state index contributed by atoms with van der Waals surface area (Å²) in [5, 5.41) is 5.05. The van der Waals surface area contributed by atoms with E-state index in [4.69, 9.17) is 4.74 Å². The van der Waals surface area contributed by atoms with Crippen LogP contribution in [0.4, 0.5) is 5.69 Å². The van der Waals surface area contributed by atoms with Crippen LogP contribution in [0.1, 0.15) is 24.1 Å². The molecule has 1 N–H and O–H groups in total. The zero-order valence-corrected chi connectivity index (χ0v) is 14.6. The monoisotopic (exact) mass is 344 g/mol. The molecule has 1 fully saturated rings. The van der Waals surface area contributed by atoms with Gasteiger partial charge < -0.3 is 10.1 Å². The summed E-state index contributed by atoms with van der Waals surface area (Å²) in [5.74, 6) is 0.0599. The van der Waals surface area contributed by atoms with Gasteiger partial charge >= 0.3 is 0 Å². The molecule has 24 heavy (non-hydrogen) atoms. The van der Waals surface area contributed by atoms with E-state index in [0.29, 0.717) is 12.5 Å². The third kappa shape index (κ3) is 5.44. The minimum atomic E-state index is 0.0599. The van der Waals surface area contributed by atoms with Gasteiger partial charge in [-0.1, -0.05) is 24.3 Å². The first-order valence-electron chi connectivity index (χ1n) is 8.51. The molecule has 1 atom stereocenters. The van der Waals surface area contributed by atoms with Crippen LogP contribution in [-0.2, 0) is 16.1 Å². The first-order valence-corrected chi connectivity index (χ1v) is 9.39. The Balaban J connectivity index is 1.51. The number of benzene rings is 1. The summed E-state index contributed by atoms with van der Waals surface area (Å²) in [5.41, 5.74) is 0.853. The lowest BCUT2D eigenvalue weighted by molar-refractivity contribution is -0.116. The van der Waals surface area contributed by atoms with Crippen molar-refractivity contribution in [2.24, 2.45) is 0 Å². The summed E-state index contributed by atoms with van der Waals surface area (Å²) >= 11 is 1.76. The summed E-state index contributed by atoms with van der Waals surface area (Å²) in [6.45, 7) is 3.40. The van der Waals surface area contributed by atoms with E-state index in [1.165, 1.54) is 4.88 Å². The molecule has 1 aromatic carbocycles. The van der Waals surface area contributed by atoms with E-state index in [2.05, 4.69) is 27.7 Å². The van der Waals surface area contributed by atoms with Gasteiger partial charge in [-0.05, 0) is 36.4 Å². The summed E-state index contributed by atoms with van der Waals surface area (Å²) in [6, 6.07) is 13.8. The molecule has 1 unspecified atom stereocenters. The van der Waals surface area contributed by atoms with Gasteiger partial charge in [0.15, 0.2) is 0 Å². The van der Waals surface area contributed by atoms with Gasteiger partial charge in [-0.2, -0.15) is 0 Å². The molecule has 0 aliphatic carbocycles. The lowest BCUT2D eigenvalue weighted by Gasteiger charge is -2.24. The highest BCUT2D eigenvalue weighted by Crippen LogP contribution is 2.17. The minimum absolute atomic E-state index is 0.0599. The molecule has 1 aliphatic rings. The highest BCUT2D eigenvalue weighted by molar-refractivity contribution is 7.09. The predicted molar refractivity (Wildman–Crippen MR) is 98.3 cm³/mol. The van der Waals surface area contributed by atoms with Crippen LogP contribution in [0.15, 0.2) is 47.8 Å². The molecule has 2 aromatic rings. The number of amides is 1. The van der Waals surface area contributed by atoms with Crippen molar-refractivity contribution in [1.82, 2.24) is 4.90 Å². The van der Waals surface area contributed by atoms with Crippen molar-refractivity contribution < 1.29 is 9.53 Å². The van der Waals surface area contributed by atoms with Crippen LogP contribution < -0.4 is 5.32 Å². The largest absolute Gasteiger partial charge is 0.377 e. The van der Waals surface area contributed by atoms with E-state index < -0.39 is 0 Å². The van der Waals surface area contributed by atoms with E-state index in [0.717, 1.165) is 44.8 Å². The van der Waals surface area contributed by atoms with Crippen LogP contribution in [0.5, 0.6) is 0 Å². The number of hydrogen-bond donors (Lipinski definition) is 1. The Morgan fingerprint density at radius 3 is 2.83 bits per heavy atom. The number of nitrogens with one attached hydrogen (secondary N) is 1. The number of anilines is 1. The smallest absolute Gasteiger partial charge is 0.225 e. The average Bonchev–Trinajstić information content (AvgIpc) is 3.27. The first-order chi connectivity index (χ1) is 11.8.